The molecule has 3 rings (SSSR count). The maximum absolute atomic E-state index is 12.8. The van der Waals surface area contributed by atoms with Gasteiger partial charge in [-0.05, 0) is 5.56 Å². The predicted molar refractivity (Wildman–Crippen MR) is 102 cm³/mol. The van der Waals surface area contributed by atoms with Crippen molar-refractivity contribution in [2.45, 2.75) is 12.5 Å². The van der Waals surface area contributed by atoms with E-state index in [1.165, 1.54) is 4.68 Å². The van der Waals surface area contributed by atoms with Gasteiger partial charge in [0.2, 0.25) is 5.78 Å². The average molecular weight is 377 g/mol. The highest BCUT2D eigenvalue weighted by atomic mass is 16.2. The Hall–Kier alpha value is -3.81. The molecule has 0 bridgehead atoms. The van der Waals surface area contributed by atoms with E-state index >= 15 is 0 Å². The lowest BCUT2D eigenvalue weighted by Gasteiger charge is -2.16. The normalized spacial score (nSPS) is 11.6. The monoisotopic (exact) mass is 377 g/mol. The molecule has 1 aromatic heterocycles. The van der Waals surface area contributed by atoms with Crippen LogP contribution in [0, 0.1) is 0 Å². The summed E-state index contributed by atoms with van der Waals surface area (Å²) in [6.45, 7) is 0. The lowest BCUT2D eigenvalue weighted by molar-refractivity contribution is -0.137. The molecule has 3 aromatic rings. The SMILES string of the molecule is Cn1nnc(C(=O)N[C@@H](Cc2ccccc2)C(=O)C(N)=O)c1-c1ccccc1. The Labute approximate surface area is 161 Å². The molecule has 0 aliphatic heterocycles. The van der Waals surface area contributed by atoms with Crippen molar-refractivity contribution in [3.63, 3.8) is 0 Å². The number of Topliss-reactive ketones (excluding diaryl/α,β-unsaturated/α-hetero) is 1. The lowest BCUT2D eigenvalue weighted by atomic mass is 10.0. The van der Waals surface area contributed by atoms with Gasteiger partial charge in [-0.25, -0.2) is 4.68 Å². The number of primary amides is 1. The standard InChI is InChI=1S/C20H19N5O3/c1-25-17(14-10-6-3-7-11-14)16(23-24-25)20(28)22-15(18(26)19(21)27)12-13-8-4-2-5-9-13/h2-11,15H,12H2,1H3,(H2,21,27)(H,22,28)/t15-/m0/s1. The van der Waals surface area contributed by atoms with E-state index in [1.807, 2.05) is 36.4 Å². The molecule has 2 aromatic carbocycles. The van der Waals surface area contributed by atoms with Crippen molar-refractivity contribution in [3.05, 3.63) is 71.9 Å². The molecule has 8 heteroatoms. The maximum Gasteiger partial charge on any atom is 0.287 e. The molecular formula is C20H19N5O3. The third-order valence-electron chi connectivity index (χ3n) is 4.24. The van der Waals surface area contributed by atoms with Crippen molar-refractivity contribution >= 4 is 17.6 Å². The molecule has 142 valence electrons. The quantitative estimate of drug-likeness (QED) is 0.592. The molecule has 3 N–H and O–H groups in total. The number of rotatable bonds is 7. The zero-order valence-electron chi connectivity index (χ0n) is 15.2. The van der Waals surface area contributed by atoms with Crippen LogP contribution in [0.4, 0.5) is 0 Å². The van der Waals surface area contributed by atoms with E-state index in [0.29, 0.717) is 5.69 Å². The van der Waals surface area contributed by atoms with Crippen molar-refractivity contribution in [2.24, 2.45) is 12.8 Å². The second-order valence-electron chi connectivity index (χ2n) is 6.22. The molecule has 0 spiro atoms. The number of hydrogen-bond acceptors (Lipinski definition) is 5. The number of benzene rings is 2. The van der Waals surface area contributed by atoms with Crippen molar-refractivity contribution in [2.75, 3.05) is 0 Å². The zero-order valence-corrected chi connectivity index (χ0v) is 15.2. The van der Waals surface area contributed by atoms with Gasteiger partial charge in [0.15, 0.2) is 5.69 Å². The van der Waals surface area contributed by atoms with Gasteiger partial charge in [0.05, 0.1) is 0 Å². The molecule has 8 nitrogen and oxygen atoms in total. The first-order valence-corrected chi connectivity index (χ1v) is 8.61. The summed E-state index contributed by atoms with van der Waals surface area (Å²) in [5, 5.41) is 10.4. The summed E-state index contributed by atoms with van der Waals surface area (Å²) in [6, 6.07) is 17.1. The van der Waals surface area contributed by atoms with E-state index in [1.54, 1.807) is 31.3 Å². The highest BCUT2D eigenvalue weighted by Gasteiger charge is 2.28. The highest BCUT2D eigenvalue weighted by Crippen LogP contribution is 2.21. The number of aryl methyl sites for hydroxylation is 1. The van der Waals surface area contributed by atoms with Gasteiger partial charge in [-0.1, -0.05) is 65.9 Å². The third kappa shape index (κ3) is 4.12. The van der Waals surface area contributed by atoms with Gasteiger partial charge in [-0.3, -0.25) is 14.4 Å². The number of nitrogens with one attached hydrogen (secondary N) is 1. The van der Waals surface area contributed by atoms with E-state index in [9.17, 15) is 14.4 Å². The summed E-state index contributed by atoms with van der Waals surface area (Å²) in [5.41, 5.74) is 7.25. The van der Waals surface area contributed by atoms with Crippen LogP contribution in [0.5, 0.6) is 0 Å². The Morgan fingerprint density at radius 1 is 1.04 bits per heavy atom. The lowest BCUT2D eigenvalue weighted by Crippen LogP contribution is -2.47. The van der Waals surface area contributed by atoms with E-state index in [4.69, 9.17) is 5.73 Å². The van der Waals surface area contributed by atoms with Gasteiger partial charge < -0.3 is 11.1 Å². The Bertz CT molecular complexity index is 999. The van der Waals surface area contributed by atoms with E-state index in [0.717, 1.165) is 11.1 Å². The minimum atomic E-state index is -1.11. The van der Waals surface area contributed by atoms with Crippen molar-refractivity contribution in [1.82, 2.24) is 20.3 Å². The maximum atomic E-state index is 12.8. The summed E-state index contributed by atoms with van der Waals surface area (Å²) < 4.78 is 1.48. The molecular weight excluding hydrogens is 358 g/mol. The van der Waals surface area contributed by atoms with Crippen molar-refractivity contribution < 1.29 is 14.4 Å². The number of nitrogens with zero attached hydrogens (tertiary/aromatic N) is 3. The van der Waals surface area contributed by atoms with Gasteiger partial charge in [-0.2, -0.15) is 0 Å². The predicted octanol–water partition coefficient (Wildman–Crippen LogP) is 0.878. The first kappa shape index (κ1) is 19.0. The van der Waals surface area contributed by atoms with Gasteiger partial charge in [0, 0.05) is 19.0 Å². The minimum absolute atomic E-state index is 0.0593. The minimum Gasteiger partial charge on any atom is -0.363 e. The molecule has 0 saturated heterocycles. The Morgan fingerprint density at radius 2 is 1.64 bits per heavy atom. The van der Waals surface area contributed by atoms with Crippen molar-refractivity contribution in [1.29, 1.82) is 0 Å². The summed E-state index contributed by atoms with van der Waals surface area (Å²) in [4.78, 5) is 36.5. The topological polar surface area (TPSA) is 120 Å². The van der Waals surface area contributed by atoms with Crippen LogP contribution in [-0.4, -0.2) is 38.6 Å². The smallest absolute Gasteiger partial charge is 0.287 e. The summed E-state index contributed by atoms with van der Waals surface area (Å²) in [7, 11) is 1.67. The first-order chi connectivity index (χ1) is 13.5. The molecule has 0 fully saturated rings. The number of hydrogen-bond donors (Lipinski definition) is 2. The largest absolute Gasteiger partial charge is 0.363 e. The fraction of sp³-hybridized carbons (Fsp3) is 0.150. The van der Waals surface area contributed by atoms with Crippen LogP contribution in [0.2, 0.25) is 0 Å². The van der Waals surface area contributed by atoms with E-state index < -0.39 is 23.6 Å². The number of carbonyl (C=O) groups excluding carboxylic acids is 3. The van der Waals surface area contributed by atoms with Crippen LogP contribution < -0.4 is 11.1 Å². The molecule has 0 saturated carbocycles. The van der Waals surface area contributed by atoms with Gasteiger partial charge in [0.1, 0.15) is 11.7 Å². The summed E-state index contributed by atoms with van der Waals surface area (Å²) in [6.07, 6.45) is 0.134. The Kier molecular flexibility index (Phi) is 5.59. The van der Waals surface area contributed by atoms with Crippen LogP contribution >= 0.6 is 0 Å². The average Bonchev–Trinajstić information content (AvgIpc) is 3.09. The molecule has 1 atom stereocenters. The van der Waals surface area contributed by atoms with E-state index in [2.05, 4.69) is 15.6 Å². The summed E-state index contributed by atoms with van der Waals surface area (Å²) >= 11 is 0. The van der Waals surface area contributed by atoms with Crippen LogP contribution in [0.15, 0.2) is 60.7 Å². The van der Waals surface area contributed by atoms with Crippen molar-refractivity contribution in [3.8, 4) is 11.3 Å². The van der Waals surface area contributed by atoms with Crippen LogP contribution in [0.3, 0.4) is 0 Å². The van der Waals surface area contributed by atoms with Gasteiger partial charge in [-0.15, -0.1) is 5.10 Å². The molecule has 0 aliphatic rings. The highest BCUT2D eigenvalue weighted by molar-refractivity contribution is 6.38. The number of ketones is 1. The number of aromatic nitrogens is 3. The fourth-order valence-electron chi connectivity index (χ4n) is 2.89. The summed E-state index contributed by atoms with van der Waals surface area (Å²) in [5.74, 6) is -2.59. The number of nitrogens with two attached hydrogens (primary N) is 1. The van der Waals surface area contributed by atoms with Crippen LogP contribution in [0.1, 0.15) is 16.1 Å². The Balaban J connectivity index is 1.89. The zero-order chi connectivity index (χ0) is 20.1. The van der Waals surface area contributed by atoms with E-state index in [-0.39, 0.29) is 12.1 Å². The van der Waals surface area contributed by atoms with Gasteiger partial charge in [0.25, 0.3) is 11.8 Å². The second kappa shape index (κ2) is 8.26. The number of amides is 2. The first-order valence-electron chi connectivity index (χ1n) is 8.61. The molecule has 0 unspecified atom stereocenters. The third-order valence-corrected chi connectivity index (χ3v) is 4.24. The molecule has 28 heavy (non-hydrogen) atoms. The number of carbonyl (C=O) groups is 3. The molecule has 1 heterocycles. The Morgan fingerprint density at radius 3 is 2.25 bits per heavy atom. The fourth-order valence-corrected chi connectivity index (χ4v) is 2.89. The van der Waals surface area contributed by atoms with Gasteiger partial charge >= 0.3 is 0 Å². The molecule has 0 radical (unpaired) electrons. The van der Waals surface area contributed by atoms with Crippen LogP contribution in [-0.2, 0) is 23.1 Å². The molecule has 0 aliphatic carbocycles. The molecule has 2 amide bonds. The second-order valence-corrected chi connectivity index (χ2v) is 6.22. The van der Waals surface area contributed by atoms with Crippen LogP contribution in [0.25, 0.3) is 11.3 Å².